The molecular formula is C14H22N4O2. The van der Waals surface area contributed by atoms with Gasteiger partial charge < -0.3 is 10.6 Å². The predicted octanol–water partition coefficient (Wildman–Crippen LogP) is 1.46. The van der Waals surface area contributed by atoms with Gasteiger partial charge in [0.15, 0.2) is 0 Å². The number of piperazine rings is 1. The second-order valence-electron chi connectivity index (χ2n) is 5.10. The van der Waals surface area contributed by atoms with Crippen molar-refractivity contribution in [2.45, 2.75) is 12.8 Å². The number of nitro benzene ring substituents is 1. The van der Waals surface area contributed by atoms with Crippen molar-refractivity contribution in [3.05, 3.63) is 34.4 Å². The maximum Gasteiger partial charge on any atom is 0.271 e. The van der Waals surface area contributed by atoms with Gasteiger partial charge in [-0.05, 0) is 32.0 Å². The molecule has 1 aromatic rings. The Morgan fingerprint density at radius 1 is 1.20 bits per heavy atom. The van der Waals surface area contributed by atoms with E-state index in [1.807, 2.05) is 6.07 Å². The third-order valence-corrected chi connectivity index (χ3v) is 3.71. The molecule has 2 rings (SSSR count). The average molecular weight is 278 g/mol. The molecule has 0 amide bonds. The number of hydrogen-bond acceptors (Lipinski definition) is 5. The monoisotopic (exact) mass is 278 g/mol. The maximum atomic E-state index is 10.8. The molecule has 1 saturated heterocycles. The fraction of sp³-hybridized carbons (Fsp3) is 0.571. The van der Waals surface area contributed by atoms with Gasteiger partial charge in [-0.1, -0.05) is 6.07 Å². The van der Waals surface area contributed by atoms with Crippen molar-refractivity contribution < 1.29 is 4.92 Å². The van der Waals surface area contributed by atoms with Crippen molar-refractivity contribution in [1.29, 1.82) is 0 Å². The number of nitrogens with zero attached hydrogens (tertiary/aromatic N) is 3. The van der Waals surface area contributed by atoms with Gasteiger partial charge in [-0.2, -0.15) is 0 Å². The fourth-order valence-corrected chi connectivity index (χ4v) is 2.51. The van der Waals surface area contributed by atoms with Crippen LogP contribution in [0.4, 0.5) is 11.4 Å². The zero-order valence-electron chi connectivity index (χ0n) is 11.7. The van der Waals surface area contributed by atoms with Crippen molar-refractivity contribution in [2.75, 3.05) is 44.2 Å². The minimum absolute atomic E-state index is 0.160. The lowest BCUT2D eigenvalue weighted by molar-refractivity contribution is -0.384. The van der Waals surface area contributed by atoms with Crippen LogP contribution >= 0.6 is 0 Å². The highest BCUT2D eigenvalue weighted by Gasteiger charge is 2.18. The smallest absolute Gasteiger partial charge is 0.271 e. The van der Waals surface area contributed by atoms with Crippen LogP contribution in [0.2, 0.25) is 0 Å². The molecule has 6 heteroatoms. The zero-order valence-corrected chi connectivity index (χ0v) is 11.7. The number of benzene rings is 1. The summed E-state index contributed by atoms with van der Waals surface area (Å²) in [5, 5.41) is 10.8. The van der Waals surface area contributed by atoms with E-state index in [-0.39, 0.29) is 10.6 Å². The largest absolute Gasteiger partial charge is 0.369 e. The summed E-state index contributed by atoms with van der Waals surface area (Å²) in [6, 6.07) is 6.88. The van der Waals surface area contributed by atoms with Crippen LogP contribution in [0.25, 0.3) is 0 Å². The number of non-ortho nitro benzene ring substituents is 1. The summed E-state index contributed by atoms with van der Waals surface area (Å²) in [6.07, 6.45) is 2.22. The van der Waals surface area contributed by atoms with Gasteiger partial charge in [-0.25, -0.2) is 0 Å². The molecule has 20 heavy (non-hydrogen) atoms. The highest BCUT2D eigenvalue weighted by atomic mass is 16.6. The number of unbranched alkanes of at least 4 members (excludes halogenated alkanes) is 1. The highest BCUT2D eigenvalue weighted by Crippen LogP contribution is 2.22. The van der Waals surface area contributed by atoms with E-state index in [0.717, 1.165) is 57.8 Å². The number of anilines is 1. The summed E-state index contributed by atoms with van der Waals surface area (Å²) < 4.78 is 0. The molecule has 1 heterocycles. The van der Waals surface area contributed by atoms with E-state index in [1.165, 1.54) is 6.07 Å². The molecule has 0 radical (unpaired) electrons. The molecule has 0 atom stereocenters. The Labute approximate surface area is 119 Å². The van der Waals surface area contributed by atoms with E-state index in [2.05, 4.69) is 9.80 Å². The lowest BCUT2D eigenvalue weighted by Gasteiger charge is -2.36. The number of hydrogen-bond donors (Lipinski definition) is 1. The van der Waals surface area contributed by atoms with Gasteiger partial charge in [0.1, 0.15) is 0 Å². The van der Waals surface area contributed by atoms with Crippen molar-refractivity contribution in [1.82, 2.24) is 4.90 Å². The molecule has 1 aliphatic heterocycles. The summed E-state index contributed by atoms with van der Waals surface area (Å²) in [6.45, 7) is 5.71. The summed E-state index contributed by atoms with van der Waals surface area (Å²) in [7, 11) is 0. The lowest BCUT2D eigenvalue weighted by atomic mass is 10.2. The van der Waals surface area contributed by atoms with E-state index in [9.17, 15) is 10.1 Å². The maximum absolute atomic E-state index is 10.8. The summed E-state index contributed by atoms with van der Waals surface area (Å²) in [4.78, 5) is 15.1. The van der Waals surface area contributed by atoms with E-state index < -0.39 is 0 Å². The first-order valence-corrected chi connectivity index (χ1v) is 7.12. The van der Waals surface area contributed by atoms with Crippen molar-refractivity contribution in [3.8, 4) is 0 Å². The van der Waals surface area contributed by atoms with Gasteiger partial charge >= 0.3 is 0 Å². The second-order valence-corrected chi connectivity index (χ2v) is 5.10. The Morgan fingerprint density at radius 3 is 2.60 bits per heavy atom. The average Bonchev–Trinajstić information content (AvgIpc) is 2.48. The molecule has 0 spiro atoms. The van der Waals surface area contributed by atoms with Gasteiger partial charge in [0.05, 0.1) is 4.92 Å². The quantitative estimate of drug-likeness (QED) is 0.484. The molecule has 2 N–H and O–H groups in total. The number of rotatable bonds is 6. The Balaban J connectivity index is 1.87. The topological polar surface area (TPSA) is 75.6 Å². The van der Waals surface area contributed by atoms with Crippen LogP contribution in [0.5, 0.6) is 0 Å². The number of nitro groups is 1. The van der Waals surface area contributed by atoms with Crippen molar-refractivity contribution in [2.24, 2.45) is 5.73 Å². The van der Waals surface area contributed by atoms with Gasteiger partial charge in [0.2, 0.25) is 0 Å². The Kier molecular flexibility index (Phi) is 5.31. The summed E-state index contributed by atoms with van der Waals surface area (Å²) >= 11 is 0. The summed E-state index contributed by atoms with van der Waals surface area (Å²) in [5.41, 5.74) is 6.60. The van der Waals surface area contributed by atoms with E-state index >= 15 is 0 Å². The molecule has 1 aliphatic rings. The first kappa shape index (κ1) is 14.7. The van der Waals surface area contributed by atoms with Crippen LogP contribution in [-0.4, -0.2) is 49.1 Å². The third kappa shape index (κ3) is 3.91. The van der Waals surface area contributed by atoms with Crippen LogP contribution in [0.15, 0.2) is 24.3 Å². The lowest BCUT2D eigenvalue weighted by Crippen LogP contribution is -2.46. The molecule has 1 fully saturated rings. The minimum atomic E-state index is -0.341. The summed E-state index contributed by atoms with van der Waals surface area (Å²) in [5.74, 6) is 0. The second kappa shape index (κ2) is 7.21. The minimum Gasteiger partial charge on any atom is -0.369 e. The van der Waals surface area contributed by atoms with Crippen LogP contribution in [0, 0.1) is 10.1 Å². The number of nitrogens with two attached hydrogens (primary N) is 1. The van der Waals surface area contributed by atoms with E-state index in [4.69, 9.17) is 5.73 Å². The highest BCUT2D eigenvalue weighted by molar-refractivity contribution is 5.53. The van der Waals surface area contributed by atoms with Crippen LogP contribution in [0.1, 0.15) is 12.8 Å². The first-order valence-electron chi connectivity index (χ1n) is 7.12. The SMILES string of the molecule is NCCCCN1CCN(c2cccc([N+](=O)[O-])c2)CC1. The molecular weight excluding hydrogens is 256 g/mol. The predicted molar refractivity (Wildman–Crippen MR) is 80.0 cm³/mol. The Hall–Kier alpha value is -1.66. The van der Waals surface area contributed by atoms with Crippen molar-refractivity contribution in [3.63, 3.8) is 0 Å². The molecule has 0 aromatic heterocycles. The molecule has 0 aliphatic carbocycles. The Bertz CT molecular complexity index is 445. The van der Waals surface area contributed by atoms with Gasteiger partial charge in [0.25, 0.3) is 5.69 Å². The van der Waals surface area contributed by atoms with E-state index in [0.29, 0.717) is 0 Å². The molecule has 110 valence electrons. The molecule has 1 aromatic carbocycles. The van der Waals surface area contributed by atoms with Crippen LogP contribution in [-0.2, 0) is 0 Å². The molecule has 0 unspecified atom stereocenters. The third-order valence-electron chi connectivity index (χ3n) is 3.71. The first-order chi connectivity index (χ1) is 9.70. The molecule has 0 bridgehead atoms. The standard InChI is InChI=1S/C14H22N4O2/c15-6-1-2-7-16-8-10-17(11-9-16)13-4-3-5-14(12-13)18(19)20/h3-5,12H,1-2,6-11,15H2. The van der Waals surface area contributed by atoms with Gasteiger partial charge in [-0.3, -0.25) is 15.0 Å². The van der Waals surface area contributed by atoms with Gasteiger partial charge in [-0.15, -0.1) is 0 Å². The van der Waals surface area contributed by atoms with Crippen LogP contribution < -0.4 is 10.6 Å². The van der Waals surface area contributed by atoms with E-state index in [1.54, 1.807) is 12.1 Å². The van der Waals surface area contributed by atoms with Gasteiger partial charge in [0, 0.05) is 44.0 Å². The molecule has 6 nitrogen and oxygen atoms in total. The Morgan fingerprint density at radius 2 is 1.95 bits per heavy atom. The molecule has 0 saturated carbocycles. The fourth-order valence-electron chi connectivity index (χ4n) is 2.51. The normalized spacial score (nSPS) is 16.4. The zero-order chi connectivity index (χ0) is 14.4. The van der Waals surface area contributed by atoms with Crippen molar-refractivity contribution >= 4 is 11.4 Å². The van der Waals surface area contributed by atoms with Crippen LogP contribution in [0.3, 0.4) is 0 Å².